The fraction of sp³-hybridized carbons (Fsp3) is 1.00. The smallest absolute Gasteiger partial charge is 0.0597 e. The van der Waals surface area contributed by atoms with E-state index in [0.29, 0.717) is 11.8 Å². The third-order valence-corrected chi connectivity index (χ3v) is 2.60. The summed E-state index contributed by atoms with van der Waals surface area (Å²) >= 11 is 10.1. The van der Waals surface area contributed by atoms with Crippen molar-refractivity contribution in [3.63, 3.8) is 0 Å². The van der Waals surface area contributed by atoms with Crippen molar-refractivity contribution in [3.05, 3.63) is 0 Å². The highest BCUT2D eigenvalue weighted by atomic mass is 35.5. The number of halogens is 2. The van der Waals surface area contributed by atoms with E-state index >= 15 is 0 Å². The molecule has 0 saturated carbocycles. The normalized spacial score (nSPS) is 7.00. The first-order valence-corrected chi connectivity index (χ1v) is 7.02. The zero-order chi connectivity index (χ0) is 11.1. The third-order valence-electron chi connectivity index (χ3n) is 2.03. The van der Waals surface area contributed by atoms with E-state index in [0.717, 1.165) is 0 Å². The monoisotopic (exact) mass is 220 g/mol. The Balaban J connectivity index is 0. The van der Waals surface area contributed by atoms with E-state index in [4.69, 9.17) is 23.2 Å². The Bertz CT molecular complexity index is 72.5. The Kier molecular flexibility index (Phi) is 24.9. The van der Waals surface area contributed by atoms with Crippen LogP contribution in [0, 0.1) is 0 Å². The molecule has 0 aromatic rings. The molecule has 0 aliphatic heterocycles. The van der Waals surface area contributed by atoms with Crippen molar-refractivity contribution in [2.75, 3.05) is 11.8 Å². The quantitative estimate of drug-likeness (QED) is 0.217. The van der Waals surface area contributed by atoms with Gasteiger partial charge in [0.1, 0.15) is 0 Å². The van der Waals surface area contributed by atoms with Crippen LogP contribution in [0.15, 0.2) is 0 Å². The van der Waals surface area contributed by atoms with E-state index in [1.54, 1.807) is 0 Å². The highest BCUT2D eigenvalue weighted by Gasteiger charge is 1.96. The predicted molar refractivity (Wildman–Crippen MR) is 95.7 cm³/mol. The second kappa shape index (κ2) is 19.7. The van der Waals surface area contributed by atoms with Crippen molar-refractivity contribution < 1.29 is 0 Å². The van der Waals surface area contributed by atoms with Crippen molar-refractivity contribution in [3.8, 4) is 0 Å². The molecule has 0 bridgehead atoms. The van der Waals surface area contributed by atoms with Gasteiger partial charge in [-0.15, -0.1) is 23.2 Å². The summed E-state index contributed by atoms with van der Waals surface area (Å²) in [5, 5.41) is 0. The van der Waals surface area contributed by atoms with E-state index in [-0.39, 0.29) is 0 Å². The van der Waals surface area contributed by atoms with Gasteiger partial charge in [-0.25, -0.2) is 0 Å². The summed E-state index contributed by atoms with van der Waals surface area (Å²) in [4.78, 5) is 0. The second-order valence-electron chi connectivity index (χ2n) is 3.50. The molecule has 0 aliphatic carbocycles. The fourth-order valence-electron chi connectivity index (χ4n) is 1.21. The van der Waals surface area contributed by atoms with E-state index in [2.05, 4.69) is 15.5 Å². The van der Waals surface area contributed by atoms with Crippen LogP contribution < -0.4 is 0 Å². The van der Waals surface area contributed by atoms with Crippen LogP contribution in [0.5, 0.6) is 0 Å². The van der Waals surface area contributed by atoms with Crippen LogP contribution in [0.2, 0.25) is 0 Å². The SMILES string of the molecule is BBBBBBBBBB.ClCCCl. The van der Waals surface area contributed by atoms with Crippen molar-refractivity contribution in [1.82, 2.24) is 0 Å². The first kappa shape index (κ1) is 17.6. The molecule has 0 fully saturated rings. The molecule has 0 aromatic carbocycles. The average Bonchev–Trinajstić information content (AvgIpc) is 2.24. The summed E-state index contributed by atoms with van der Waals surface area (Å²) in [6, 6.07) is 0. The molecule has 68 valence electrons. The zero-order valence-corrected chi connectivity index (χ0v) is 11.3. The van der Waals surface area contributed by atoms with Crippen LogP contribution in [-0.4, -0.2) is 83.7 Å². The van der Waals surface area contributed by atoms with Crippen LogP contribution in [0.25, 0.3) is 0 Å². The van der Waals surface area contributed by atoms with Gasteiger partial charge in [0.15, 0.2) is 0 Å². The van der Waals surface area contributed by atoms with Gasteiger partial charge in [0, 0.05) is 68.2 Å². The molecule has 0 N–H and O–H groups in total. The molecule has 0 spiro atoms. The fourth-order valence-corrected chi connectivity index (χ4v) is 1.21. The van der Waals surface area contributed by atoms with Gasteiger partial charge in [-0.3, -0.25) is 0 Å². The van der Waals surface area contributed by atoms with Gasteiger partial charge in [0.25, 0.3) is 0 Å². The van der Waals surface area contributed by atoms with E-state index in [9.17, 15) is 0 Å². The van der Waals surface area contributed by atoms with Crippen LogP contribution in [0.3, 0.4) is 0 Å². The number of hydrogen-bond acceptors (Lipinski definition) is 0. The molecule has 0 atom stereocenters. The molecule has 12 heteroatoms. The molecule has 0 amide bonds. The lowest BCUT2D eigenvalue weighted by molar-refractivity contribution is 1.52. The maximum Gasteiger partial charge on any atom is 0.0597 e. The Morgan fingerprint density at radius 2 is 0.929 bits per heavy atom. The number of hydrogen-bond donors (Lipinski definition) is 0. The third kappa shape index (κ3) is 23.2. The average molecular weight is 219 g/mol. The molecule has 0 aliphatic rings. The Hall–Kier alpha value is 1.23. The molecule has 14 heavy (non-hydrogen) atoms. The van der Waals surface area contributed by atoms with Crippen LogP contribution in [0.4, 0.5) is 0 Å². The maximum atomic E-state index is 5.05. The standard InChI is InChI=1S/C2H4Cl2.B10H12/c3-1-2-4;1-3-5-7-9-10-8-6-4-2/h1-2H2;3-10H,1-2H2. The van der Waals surface area contributed by atoms with Gasteiger partial charge in [-0.1, -0.05) is 0 Å². The summed E-state index contributed by atoms with van der Waals surface area (Å²) in [6.07, 6.45) is 0. The molecular weight excluding hydrogens is 203 g/mol. The molecule has 0 heterocycles. The van der Waals surface area contributed by atoms with Crippen LogP contribution >= 0.6 is 23.2 Å². The van der Waals surface area contributed by atoms with Gasteiger partial charge in [-0.2, -0.15) is 0 Å². The topological polar surface area (TPSA) is 0 Å². The Labute approximate surface area is 107 Å². The van der Waals surface area contributed by atoms with Gasteiger partial charge in [0.2, 0.25) is 0 Å². The lowest BCUT2D eigenvalue weighted by Gasteiger charge is -1.88. The van der Waals surface area contributed by atoms with E-state index in [1.807, 2.05) is 0 Å². The van der Waals surface area contributed by atoms with Crippen LogP contribution in [-0.2, 0) is 0 Å². The Morgan fingerprint density at radius 1 is 0.643 bits per heavy atom. The van der Waals surface area contributed by atoms with Crippen molar-refractivity contribution in [2.45, 2.75) is 0 Å². The first-order chi connectivity index (χ1) is 6.83. The highest BCUT2D eigenvalue weighted by molar-refractivity contribution is 7.68. The number of rotatable bonds is 8. The first-order valence-electron chi connectivity index (χ1n) is 5.95. The molecule has 0 saturated heterocycles. The molecule has 0 radical (unpaired) electrons. The lowest BCUT2D eigenvalue weighted by atomic mass is 8.89. The summed E-state index contributed by atoms with van der Waals surface area (Å²) in [6.45, 7) is 0. The minimum Gasteiger partial charge on any atom is -0.125 e. The summed E-state index contributed by atoms with van der Waals surface area (Å²) in [5.41, 5.74) is 0. The van der Waals surface area contributed by atoms with Gasteiger partial charge < -0.3 is 0 Å². The van der Waals surface area contributed by atoms with E-state index in [1.165, 1.54) is 56.5 Å². The van der Waals surface area contributed by atoms with Gasteiger partial charge in [0.05, 0.1) is 15.5 Å². The summed E-state index contributed by atoms with van der Waals surface area (Å²) in [5.74, 6) is 1.11. The minimum atomic E-state index is 0.557. The molecule has 0 aromatic heterocycles. The van der Waals surface area contributed by atoms with Gasteiger partial charge in [-0.05, 0) is 0 Å². The highest BCUT2D eigenvalue weighted by Crippen LogP contribution is 1.75. The molecular formula is C2H16B10Cl2. The minimum absolute atomic E-state index is 0.557. The zero-order valence-electron chi connectivity index (χ0n) is 9.83. The van der Waals surface area contributed by atoms with Crippen LogP contribution in [0.1, 0.15) is 0 Å². The van der Waals surface area contributed by atoms with E-state index < -0.39 is 0 Å². The second-order valence-corrected chi connectivity index (χ2v) is 4.26. The van der Waals surface area contributed by atoms with Crippen molar-refractivity contribution in [2.24, 2.45) is 0 Å². The predicted octanol–water partition coefficient (Wildman–Crippen LogP) is -5.56. The summed E-state index contributed by atoms with van der Waals surface area (Å²) in [7, 11) is 16.0. The lowest BCUT2D eigenvalue weighted by Crippen LogP contribution is -2.30. The molecule has 0 unspecified atom stereocenters. The summed E-state index contributed by atoms with van der Waals surface area (Å²) < 4.78 is 0. The molecule has 0 nitrogen and oxygen atoms in total. The van der Waals surface area contributed by atoms with Gasteiger partial charge >= 0.3 is 0 Å². The number of alkyl halides is 2. The molecule has 0 rings (SSSR count). The van der Waals surface area contributed by atoms with Crippen molar-refractivity contribution >= 4 is 95.2 Å². The Morgan fingerprint density at radius 3 is 1.14 bits per heavy atom. The maximum absolute atomic E-state index is 5.05. The van der Waals surface area contributed by atoms with Crippen molar-refractivity contribution in [1.29, 1.82) is 0 Å². The largest absolute Gasteiger partial charge is 0.125 e.